The van der Waals surface area contributed by atoms with Crippen molar-refractivity contribution in [2.45, 2.75) is 6.92 Å². The molecule has 3 nitrogen and oxygen atoms in total. The van der Waals surface area contributed by atoms with Crippen LogP contribution in [0.3, 0.4) is 0 Å². The maximum absolute atomic E-state index is 11.2. The molecule has 1 rings (SSSR count). The van der Waals surface area contributed by atoms with Gasteiger partial charge in [-0.3, -0.25) is 9.59 Å². The first-order valence-corrected chi connectivity index (χ1v) is 4.57. The van der Waals surface area contributed by atoms with Crippen LogP contribution in [0.5, 0.6) is 0 Å². The summed E-state index contributed by atoms with van der Waals surface area (Å²) in [6.45, 7) is 1.91. The molecule has 1 N–H and O–H groups in total. The van der Waals surface area contributed by atoms with Gasteiger partial charge in [0.25, 0.3) is 0 Å². The number of rotatable bonds is 3. The second kappa shape index (κ2) is 4.11. The van der Waals surface area contributed by atoms with Crippen molar-refractivity contribution in [2.75, 3.05) is 5.75 Å². The fourth-order valence-corrected chi connectivity index (χ4v) is 1.35. The molecule has 0 bridgehead atoms. The SMILES string of the molecule is CCSC(=O)c1ccc(C=O)[nH]1. The smallest absolute Gasteiger partial charge is 0.235 e. The van der Waals surface area contributed by atoms with E-state index in [1.54, 1.807) is 12.1 Å². The molecule has 0 aromatic carbocycles. The highest BCUT2D eigenvalue weighted by Gasteiger charge is 2.06. The van der Waals surface area contributed by atoms with Gasteiger partial charge in [0.1, 0.15) is 0 Å². The van der Waals surface area contributed by atoms with Gasteiger partial charge in [0, 0.05) is 0 Å². The van der Waals surface area contributed by atoms with Crippen molar-refractivity contribution in [3.05, 3.63) is 23.5 Å². The van der Waals surface area contributed by atoms with Crippen molar-refractivity contribution in [2.24, 2.45) is 0 Å². The van der Waals surface area contributed by atoms with Gasteiger partial charge >= 0.3 is 0 Å². The molecule has 0 aliphatic rings. The Kier molecular flexibility index (Phi) is 3.10. The van der Waals surface area contributed by atoms with Crippen molar-refractivity contribution < 1.29 is 9.59 Å². The normalized spacial score (nSPS) is 9.75. The summed E-state index contributed by atoms with van der Waals surface area (Å²) in [6.07, 6.45) is 0.688. The Morgan fingerprint density at radius 1 is 1.67 bits per heavy atom. The molecule has 12 heavy (non-hydrogen) atoms. The first-order chi connectivity index (χ1) is 5.77. The first kappa shape index (κ1) is 9.06. The highest BCUT2D eigenvalue weighted by atomic mass is 32.2. The van der Waals surface area contributed by atoms with E-state index < -0.39 is 0 Å². The van der Waals surface area contributed by atoms with Gasteiger partial charge in [-0.15, -0.1) is 0 Å². The van der Waals surface area contributed by atoms with Crippen molar-refractivity contribution in [1.29, 1.82) is 0 Å². The monoisotopic (exact) mass is 183 g/mol. The number of aldehydes is 1. The molecule has 0 saturated carbocycles. The molecule has 1 aromatic rings. The molecule has 0 fully saturated rings. The summed E-state index contributed by atoms with van der Waals surface area (Å²) in [4.78, 5) is 24.1. The summed E-state index contributed by atoms with van der Waals surface area (Å²) < 4.78 is 0. The van der Waals surface area contributed by atoms with Crippen LogP contribution in [0.1, 0.15) is 27.9 Å². The number of nitrogens with one attached hydrogen (secondary N) is 1. The average Bonchev–Trinajstić information content (AvgIpc) is 2.52. The molecule has 0 aliphatic heterocycles. The van der Waals surface area contributed by atoms with Gasteiger partial charge < -0.3 is 4.98 Å². The Morgan fingerprint density at radius 3 is 2.92 bits per heavy atom. The van der Waals surface area contributed by atoms with E-state index in [9.17, 15) is 9.59 Å². The summed E-state index contributed by atoms with van der Waals surface area (Å²) in [7, 11) is 0. The number of hydrogen-bond acceptors (Lipinski definition) is 3. The van der Waals surface area contributed by atoms with Gasteiger partial charge in [-0.1, -0.05) is 18.7 Å². The Bertz CT molecular complexity index is 293. The number of aromatic amines is 1. The fourth-order valence-electron chi connectivity index (χ4n) is 0.809. The molecule has 1 heterocycles. The Hall–Kier alpha value is -1.03. The molecular weight excluding hydrogens is 174 g/mol. The standard InChI is InChI=1S/C8H9NO2S/c1-2-12-8(11)7-4-3-6(5-10)9-7/h3-5,9H,2H2,1H3. The molecule has 0 unspecified atom stereocenters. The lowest BCUT2D eigenvalue weighted by Gasteiger charge is -1.92. The van der Waals surface area contributed by atoms with E-state index in [0.29, 0.717) is 17.7 Å². The highest BCUT2D eigenvalue weighted by Crippen LogP contribution is 2.10. The predicted octanol–water partition coefficient (Wildman–Crippen LogP) is 1.72. The number of H-pyrrole nitrogens is 1. The molecule has 1 aromatic heterocycles. The summed E-state index contributed by atoms with van der Waals surface area (Å²) in [5.41, 5.74) is 0.930. The fraction of sp³-hybridized carbons (Fsp3) is 0.250. The van der Waals surface area contributed by atoms with Crippen molar-refractivity contribution >= 4 is 23.2 Å². The second-order valence-corrected chi connectivity index (χ2v) is 3.40. The predicted molar refractivity (Wildman–Crippen MR) is 48.6 cm³/mol. The summed E-state index contributed by atoms with van der Waals surface area (Å²) in [5, 5.41) is -0.0226. The third kappa shape index (κ3) is 1.98. The van der Waals surface area contributed by atoms with E-state index in [-0.39, 0.29) is 5.12 Å². The summed E-state index contributed by atoms with van der Waals surface area (Å²) in [5.74, 6) is 0.744. The maximum Gasteiger partial charge on any atom is 0.235 e. The van der Waals surface area contributed by atoms with Gasteiger partial charge in [-0.05, 0) is 17.9 Å². The van der Waals surface area contributed by atoms with Crippen LogP contribution in [0.25, 0.3) is 0 Å². The first-order valence-electron chi connectivity index (χ1n) is 3.59. The Labute approximate surface area is 74.5 Å². The zero-order valence-electron chi connectivity index (χ0n) is 6.66. The quantitative estimate of drug-likeness (QED) is 0.726. The highest BCUT2D eigenvalue weighted by molar-refractivity contribution is 8.14. The van der Waals surface area contributed by atoms with Gasteiger partial charge in [-0.25, -0.2) is 0 Å². The largest absolute Gasteiger partial charge is 0.349 e. The van der Waals surface area contributed by atoms with Crippen LogP contribution >= 0.6 is 11.8 Å². The summed E-state index contributed by atoms with van der Waals surface area (Å²) in [6, 6.07) is 3.21. The molecular formula is C8H9NO2S. The molecule has 0 spiro atoms. The number of carbonyl (C=O) groups is 2. The van der Waals surface area contributed by atoms with Crippen LogP contribution in [0.15, 0.2) is 12.1 Å². The van der Waals surface area contributed by atoms with Gasteiger partial charge in [-0.2, -0.15) is 0 Å². The summed E-state index contributed by atoms with van der Waals surface area (Å²) >= 11 is 1.22. The van der Waals surface area contributed by atoms with Crippen molar-refractivity contribution in [1.82, 2.24) is 4.98 Å². The number of aromatic nitrogens is 1. The lowest BCUT2D eigenvalue weighted by molar-refractivity contribution is 0.108. The molecule has 0 amide bonds. The molecule has 0 saturated heterocycles. The number of thioether (sulfide) groups is 1. The van der Waals surface area contributed by atoms with Gasteiger partial charge in [0.15, 0.2) is 6.29 Å². The Morgan fingerprint density at radius 2 is 2.42 bits per heavy atom. The van der Waals surface area contributed by atoms with Crippen LogP contribution in [0.4, 0.5) is 0 Å². The minimum Gasteiger partial charge on any atom is -0.349 e. The van der Waals surface area contributed by atoms with Crippen LogP contribution in [0.2, 0.25) is 0 Å². The van der Waals surface area contributed by atoms with Gasteiger partial charge in [0.05, 0.1) is 11.4 Å². The minimum atomic E-state index is -0.0226. The molecule has 0 radical (unpaired) electrons. The third-order valence-corrected chi connectivity index (χ3v) is 2.10. The van der Waals surface area contributed by atoms with E-state index in [1.165, 1.54) is 11.8 Å². The van der Waals surface area contributed by atoms with Crippen LogP contribution in [0, 0.1) is 0 Å². The van der Waals surface area contributed by atoms with E-state index in [2.05, 4.69) is 4.98 Å². The molecule has 4 heteroatoms. The lowest BCUT2D eigenvalue weighted by atomic mass is 10.4. The minimum absolute atomic E-state index is 0.0226. The topological polar surface area (TPSA) is 49.9 Å². The second-order valence-electron chi connectivity index (χ2n) is 2.17. The van der Waals surface area contributed by atoms with E-state index >= 15 is 0 Å². The van der Waals surface area contributed by atoms with E-state index in [0.717, 1.165) is 5.75 Å². The molecule has 0 atom stereocenters. The zero-order chi connectivity index (χ0) is 8.97. The zero-order valence-corrected chi connectivity index (χ0v) is 7.48. The number of carbonyl (C=O) groups excluding carboxylic acids is 2. The van der Waals surface area contributed by atoms with Crippen LogP contribution in [-0.2, 0) is 0 Å². The van der Waals surface area contributed by atoms with Gasteiger partial charge in [0.2, 0.25) is 5.12 Å². The average molecular weight is 183 g/mol. The van der Waals surface area contributed by atoms with Crippen LogP contribution < -0.4 is 0 Å². The number of hydrogen-bond donors (Lipinski definition) is 1. The third-order valence-electron chi connectivity index (χ3n) is 1.33. The maximum atomic E-state index is 11.2. The van der Waals surface area contributed by atoms with E-state index in [4.69, 9.17) is 0 Å². The Balaban J connectivity index is 2.74. The van der Waals surface area contributed by atoms with Crippen LogP contribution in [-0.4, -0.2) is 22.1 Å². The molecule has 0 aliphatic carbocycles. The lowest BCUT2D eigenvalue weighted by Crippen LogP contribution is -1.94. The van der Waals surface area contributed by atoms with Crippen molar-refractivity contribution in [3.8, 4) is 0 Å². The molecule has 64 valence electrons. The van der Waals surface area contributed by atoms with Crippen molar-refractivity contribution in [3.63, 3.8) is 0 Å². The van der Waals surface area contributed by atoms with E-state index in [1.807, 2.05) is 6.92 Å².